The Morgan fingerprint density at radius 2 is 2.00 bits per heavy atom. The highest BCUT2D eigenvalue weighted by molar-refractivity contribution is 6.08. The van der Waals surface area contributed by atoms with Crippen molar-refractivity contribution in [1.29, 1.82) is 0 Å². The summed E-state index contributed by atoms with van der Waals surface area (Å²) in [6.45, 7) is 1.60. The highest BCUT2D eigenvalue weighted by atomic mass is 16.5. The van der Waals surface area contributed by atoms with Gasteiger partial charge < -0.3 is 10.1 Å². The summed E-state index contributed by atoms with van der Waals surface area (Å²) in [6.07, 6.45) is 8.88. The van der Waals surface area contributed by atoms with E-state index in [1.54, 1.807) is 0 Å². The molecule has 0 aromatic rings. The van der Waals surface area contributed by atoms with Crippen LogP contribution in [-0.4, -0.2) is 41.0 Å². The van der Waals surface area contributed by atoms with E-state index in [1.165, 1.54) is 0 Å². The van der Waals surface area contributed by atoms with Crippen LogP contribution in [0.1, 0.15) is 51.9 Å². The maximum absolute atomic E-state index is 12.6. The molecule has 2 fully saturated rings. The van der Waals surface area contributed by atoms with Gasteiger partial charge in [-0.05, 0) is 50.9 Å². The number of urea groups is 1. The van der Waals surface area contributed by atoms with Gasteiger partial charge in [-0.15, -0.1) is 0 Å². The molecule has 1 heterocycles. The third-order valence-electron chi connectivity index (χ3n) is 5.47. The molecule has 1 saturated heterocycles. The zero-order valence-corrected chi connectivity index (χ0v) is 15.0. The standard InChI is InChI=1S/C18H25N3O5/c1-12-7-9-18(10-8-12)16(24)21(17(25)19-18)20-14(22)11-26-15(23)13-5-3-2-4-6-13/h2-3,12-13H,4-11H2,1H3,(H,19,25)(H,20,22)/t12?,13-,18?/m1/s1. The minimum Gasteiger partial charge on any atom is -0.455 e. The van der Waals surface area contributed by atoms with Crippen LogP contribution in [0.4, 0.5) is 4.79 Å². The summed E-state index contributed by atoms with van der Waals surface area (Å²) in [5.41, 5.74) is 1.35. The average Bonchev–Trinajstić information content (AvgIpc) is 2.87. The van der Waals surface area contributed by atoms with Crippen LogP contribution in [0, 0.1) is 11.8 Å². The van der Waals surface area contributed by atoms with Crippen molar-refractivity contribution >= 4 is 23.8 Å². The normalized spacial score (nSPS) is 31.0. The van der Waals surface area contributed by atoms with Crippen molar-refractivity contribution in [3.63, 3.8) is 0 Å². The fourth-order valence-electron chi connectivity index (χ4n) is 3.73. The van der Waals surface area contributed by atoms with Crippen LogP contribution in [0.25, 0.3) is 0 Å². The molecule has 0 radical (unpaired) electrons. The number of nitrogens with zero attached hydrogens (tertiary/aromatic N) is 1. The quantitative estimate of drug-likeness (QED) is 0.446. The third kappa shape index (κ3) is 3.73. The molecule has 2 N–H and O–H groups in total. The number of hydrazine groups is 1. The van der Waals surface area contributed by atoms with Crippen LogP contribution >= 0.6 is 0 Å². The van der Waals surface area contributed by atoms with Crippen molar-refractivity contribution < 1.29 is 23.9 Å². The van der Waals surface area contributed by atoms with E-state index in [4.69, 9.17) is 4.74 Å². The Hall–Kier alpha value is -2.38. The summed E-state index contributed by atoms with van der Waals surface area (Å²) < 4.78 is 5.02. The maximum atomic E-state index is 12.6. The van der Waals surface area contributed by atoms with Gasteiger partial charge in [0.2, 0.25) is 0 Å². The number of carbonyl (C=O) groups is 4. The molecule has 0 aromatic heterocycles. The van der Waals surface area contributed by atoms with Crippen molar-refractivity contribution in [2.24, 2.45) is 11.8 Å². The lowest BCUT2D eigenvalue weighted by atomic mass is 9.77. The molecule has 0 bridgehead atoms. The van der Waals surface area contributed by atoms with Gasteiger partial charge in [0.15, 0.2) is 6.61 Å². The fraction of sp³-hybridized carbons (Fsp3) is 0.667. The number of rotatable bonds is 4. The van der Waals surface area contributed by atoms with Crippen LogP contribution in [0.5, 0.6) is 0 Å². The minimum absolute atomic E-state index is 0.239. The number of hydrogen-bond acceptors (Lipinski definition) is 5. The number of imide groups is 1. The first-order valence-corrected chi connectivity index (χ1v) is 9.19. The van der Waals surface area contributed by atoms with Gasteiger partial charge in [0.05, 0.1) is 5.92 Å². The molecular weight excluding hydrogens is 338 g/mol. The predicted molar refractivity (Wildman–Crippen MR) is 91.3 cm³/mol. The molecule has 0 unspecified atom stereocenters. The summed E-state index contributed by atoms with van der Waals surface area (Å²) in [7, 11) is 0. The Labute approximate surface area is 152 Å². The van der Waals surface area contributed by atoms with E-state index in [2.05, 4.69) is 17.7 Å². The first-order valence-electron chi connectivity index (χ1n) is 9.19. The molecule has 1 spiro atoms. The largest absolute Gasteiger partial charge is 0.455 e. The van der Waals surface area contributed by atoms with E-state index in [0.29, 0.717) is 31.6 Å². The van der Waals surface area contributed by atoms with Crippen molar-refractivity contribution in [1.82, 2.24) is 15.8 Å². The summed E-state index contributed by atoms with van der Waals surface area (Å²) in [6, 6.07) is -0.637. The van der Waals surface area contributed by atoms with Gasteiger partial charge in [-0.25, -0.2) is 4.79 Å². The highest BCUT2D eigenvalue weighted by Gasteiger charge is 2.52. The van der Waals surface area contributed by atoms with Crippen molar-refractivity contribution in [3.8, 4) is 0 Å². The van der Waals surface area contributed by atoms with Gasteiger partial charge >= 0.3 is 12.0 Å². The summed E-state index contributed by atoms with van der Waals surface area (Å²) in [5, 5.41) is 3.44. The van der Waals surface area contributed by atoms with Gasteiger partial charge in [0.1, 0.15) is 5.54 Å². The third-order valence-corrected chi connectivity index (χ3v) is 5.47. The first-order chi connectivity index (χ1) is 12.4. The van der Waals surface area contributed by atoms with Gasteiger partial charge in [-0.3, -0.25) is 19.8 Å². The summed E-state index contributed by atoms with van der Waals surface area (Å²) in [5.74, 6) is -1.29. The van der Waals surface area contributed by atoms with E-state index in [0.717, 1.165) is 24.3 Å². The molecule has 3 aliphatic rings. The molecule has 1 aliphatic heterocycles. The molecule has 0 aromatic carbocycles. The lowest BCUT2D eigenvalue weighted by Gasteiger charge is -2.33. The molecule has 142 valence electrons. The topological polar surface area (TPSA) is 105 Å². The van der Waals surface area contributed by atoms with Gasteiger partial charge in [-0.2, -0.15) is 5.01 Å². The first kappa shape index (κ1) is 18.4. The monoisotopic (exact) mass is 363 g/mol. The smallest absolute Gasteiger partial charge is 0.344 e. The molecule has 3 rings (SSSR count). The number of allylic oxidation sites excluding steroid dienone is 2. The summed E-state index contributed by atoms with van der Waals surface area (Å²) in [4.78, 5) is 48.7. The minimum atomic E-state index is -0.915. The van der Waals surface area contributed by atoms with Crippen LogP contribution in [0.3, 0.4) is 0 Å². The van der Waals surface area contributed by atoms with Gasteiger partial charge in [-0.1, -0.05) is 19.1 Å². The number of nitrogens with one attached hydrogen (secondary N) is 2. The Kier molecular flexibility index (Phi) is 5.29. The fourth-order valence-corrected chi connectivity index (χ4v) is 3.73. The molecule has 1 atom stereocenters. The summed E-state index contributed by atoms with van der Waals surface area (Å²) >= 11 is 0. The van der Waals surface area contributed by atoms with Crippen molar-refractivity contribution in [3.05, 3.63) is 12.2 Å². The Morgan fingerprint density at radius 3 is 2.65 bits per heavy atom. The van der Waals surface area contributed by atoms with Gasteiger partial charge in [0, 0.05) is 0 Å². The van der Waals surface area contributed by atoms with Crippen LogP contribution < -0.4 is 10.7 Å². The predicted octanol–water partition coefficient (Wildman–Crippen LogP) is 1.42. The SMILES string of the molecule is CC1CCC2(CC1)NC(=O)N(NC(=O)COC(=O)[C@@H]1CC=CCC1)C2=O. The number of ether oxygens (including phenoxy) is 1. The second-order valence-corrected chi connectivity index (χ2v) is 7.46. The molecule has 8 heteroatoms. The zero-order valence-electron chi connectivity index (χ0n) is 15.0. The lowest BCUT2D eigenvalue weighted by molar-refractivity contribution is -0.154. The second kappa shape index (κ2) is 7.47. The van der Waals surface area contributed by atoms with E-state index in [1.807, 2.05) is 12.2 Å². The van der Waals surface area contributed by atoms with Crippen LogP contribution in [0.2, 0.25) is 0 Å². The molecule has 4 amide bonds. The van der Waals surface area contributed by atoms with E-state index >= 15 is 0 Å². The molecule has 8 nitrogen and oxygen atoms in total. The Balaban J connectivity index is 1.51. The zero-order chi connectivity index (χ0) is 18.7. The van der Waals surface area contributed by atoms with Gasteiger partial charge in [0.25, 0.3) is 11.8 Å². The lowest BCUT2D eigenvalue weighted by Crippen LogP contribution is -2.52. The number of hydrogen-bond donors (Lipinski definition) is 2. The molecule has 1 saturated carbocycles. The van der Waals surface area contributed by atoms with E-state index in [9.17, 15) is 19.2 Å². The molecular formula is C18H25N3O5. The Bertz CT molecular complexity index is 637. The molecule has 2 aliphatic carbocycles. The molecule has 26 heavy (non-hydrogen) atoms. The average molecular weight is 363 g/mol. The maximum Gasteiger partial charge on any atom is 0.344 e. The highest BCUT2D eigenvalue weighted by Crippen LogP contribution is 2.35. The van der Waals surface area contributed by atoms with Crippen molar-refractivity contribution in [2.45, 2.75) is 57.4 Å². The van der Waals surface area contributed by atoms with Crippen molar-refractivity contribution in [2.75, 3.05) is 6.61 Å². The Morgan fingerprint density at radius 1 is 1.27 bits per heavy atom. The second-order valence-electron chi connectivity index (χ2n) is 7.46. The van der Waals surface area contributed by atoms with Crippen LogP contribution in [0.15, 0.2) is 12.2 Å². The van der Waals surface area contributed by atoms with Crippen LogP contribution in [-0.2, 0) is 19.1 Å². The number of esters is 1. The number of carbonyl (C=O) groups excluding carboxylic acids is 4. The van der Waals surface area contributed by atoms with E-state index < -0.39 is 36.0 Å². The van der Waals surface area contributed by atoms with E-state index in [-0.39, 0.29) is 5.92 Å². The number of amides is 4.